The van der Waals surface area contributed by atoms with Gasteiger partial charge in [0.25, 0.3) is 0 Å². The molecule has 1 N–H and O–H groups in total. The van der Waals surface area contributed by atoms with Gasteiger partial charge in [0.05, 0.1) is 12.5 Å². The van der Waals surface area contributed by atoms with Gasteiger partial charge in [-0.05, 0) is 19.8 Å². The van der Waals surface area contributed by atoms with Crippen LogP contribution in [-0.2, 0) is 4.79 Å². The minimum Gasteiger partial charge on any atom is -0.391 e. The van der Waals surface area contributed by atoms with Crippen molar-refractivity contribution in [2.45, 2.75) is 57.1 Å². The topological polar surface area (TPSA) is 40.5 Å². The van der Waals surface area contributed by atoms with Crippen LogP contribution in [0.4, 0.5) is 0 Å². The molecule has 2 fully saturated rings. The zero-order valence-electron chi connectivity index (χ0n) is 8.83. The molecular formula is C11H19NO2. The lowest BCUT2D eigenvalue weighted by molar-refractivity contribution is -0.133. The average molecular weight is 197 g/mol. The zero-order chi connectivity index (χ0) is 10.2. The van der Waals surface area contributed by atoms with Crippen molar-refractivity contribution < 1.29 is 9.90 Å². The van der Waals surface area contributed by atoms with Crippen LogP contribution in [0, 0.1) is 0 Å². The Labute approximate surface area is 85.1 Å². The highest BCUT2D eigenvalue weighted by molar-refractivity contribution is 5.79. The average Bonchev–Trinajstić information content (AvgIpc) is 2.47. The number of hydrogen-bond donors (Lipinski definition) is 1. The number of nitrogens with zero attached hydrogens (tertiary/aromatic N) is 1. The predicted octanol–water partition coefficient (Wildman–Crippen LogP) is 1.30. The van der Waals surface area contributed by atoms with Gasteiger partial charge in [-0.25, -0.2) is 0 Å². The van der Waals surface area contributed by atoms with E-state index in [1.54, 1.807) is 0 Å². The summed E-state index contributed by atoms with van der Waals surface area (Å²) in [7, 11) is 0. The van der Waals surface area contributed by atoms with Crippen LogP contribution < -0.4 is 0 Å². The quantitative estimate of drug-likeness (QED) is 0.688. The molecule has 1 aliphatic heterocycles. The normalized spacial score (nSPS) is 32.3. The number of carbonyl (C=O) groups is 1. The van der Waals surface area contributed by atoms with E-state index in [0.29, 0.717) is 13.0 Å². The maximum Gasteiger partial charge on any atom is 0.225 e. The summed E-state index contributed by atoms with van der Waals surface area (Å²) in [5.74, 6) is 0.141. The maximum absolute atomic E-state index is 11.7. The maximum atomic E-state index is 11.7. The summed E-state index contributed by atoms with van der Waals surface area (Å²) in [5.41, 5.74) is 0.0345. The Morgan fingerprint density at radius 2 is 2.00 bits per heavy atom. The molecule has 0 radical (unpaired) electrons. The number of rotatable bonds is 1. The van der Waals surface area contributed by atoms with E-state index >= 15 is 0 Å². The van der Waals surface area contributed by atoms with E-state index in [1.165, 1.54) is 19.3 Å². The van der Waals surface area contributed by atoms with Gasteiger partial charge in [-0.3, -0.25) is 4.79 Å². The van der Waals surface area contributed by atoms with Crippen molar-refractivity contribution in [1.29, 1.82) is 0 Å². The number of hydrogen-bond acceptors (Lipinski definition) is 2. The highest BCUT2D eigenvalue weighted by Gasteiger charge is 2.41. The number of aliphatic hydroxyl groups is 1. The Morgan fingerprint density at radius 1 is 1.36 bits per heavy atom. The molecule has 0 spiro atoms. The Morgan fingerprint density at radius 3 is 2.50 bits per heavy atom. The Kier molecular flexibility index (Phi) is 2.52. The summed E-state index contributed by atoms with van der Waals surface area (Å²) in [5, 5.41) is 9.45. The summed E-state index contributed by atoms with van der Waals surface area (Å²) in [6.45, 7) is 2.72. The van der Waals surface area contributed by atoms with Crippen LogP contribution in [0.2, 0.25) is 0 Å². The largest absolute Gasteiger partial charge is 0.391 e. The predicted molar refractivity (Wildman–Crippen MR) is 53.8 cm³/mol. The van der Waals surface area contributed by atoms with Crippen molar-refractivity contribution in [2.24, 2.45) is 0 Å². The second-order valence-corrected chi connectivity index (χ2v) is 4.92. The third kappa shape index (κ3) is 1.65. The lowest BCUT2D eigenvalue weighted by Gasteiger charge is -2.41. The monoisotopic (exact) mass is 197 g/mol. The highest BCUT2D eigenvalue weighted by atomic mass is 16.3. The minimum atomic E-state index is -0.429. The van der Waals surface area contributed by atoms with Gasteiger partial charge in [-0.1, -0.05) is 19.3 Å². The first-order chi connectivity index (χ1) is 6.62. The van der Waals surface area contributed by atoms with E-state index in [-0.39, 0.29) is 11.4 Å². The molecule has 1 saturated carbocycles. The second-order valence-electron chi connectivity index (χ2n) is 4.92. The van der Waals surface area contributed by atoms with Crippen molar-refractivity contribution in [2.75, 3.05) is 6.54 Å². The van der Waals surface area contributed by atoms with E-state index in [2.05, 4.69) is 6.92 Å². The van der Waals surface area contributed by atoms with Crippen LogP contribution in [0.5, 0.6) is 0 Å². The Balaban J connectivity index is 2.09. The molecule has 1 heterocycles. The first kappa shape index (κ1) is 9.97. The van der Waals surface area contributed by atoms with Gasteiger partial charge in [0.15, 0.2) is 0 Å². The highest BCUT2D eigenvalue weighted by Crippen LogP contribution is 2.35. The summed E-state index contributed by atoms with van der Waals surface area (Å²) >= 11 is 0. The molecule has 2 rings (SSSR count). The molecular weight excluding hydrogens is 178 g/mol. The van der Waals surface area contributed by atoms with Crippen LogP contribution in [0.3, 0.4) is 0 Å². The molecule has 3 heteroatoms. The van der Waals surface area contributed by atoms with Gasteiger partial charge < -0.3 is 10.0 Å². The summed E-state index contributed by atoms with van der Waals surface area (Å²) in [6, 6.07) is 0. The van der Waals surface area contributed by atoms with Gasteiger partial charge >= 0.3 is 0 Å². The van der Waals surface area contributed by atoms with Crippen LogP contribution in [-0.4, -0.2) is 34.1 Å². The van der Waals surface area contributed by atoms with E-state index in [9.17, 15) is 9.90 Å². The number of likely N-dealkylation sites (tertiary alicyclic amines) is 1. The molecule has 0 aromatic carbocycles. The molecule has 1 unspecified atom stereocenters. The molecule has 0 aromatic rings. The third-order valence-corrected chi connectivity index (χ3v) is 3.69. The molecule has 1 saturated heterocycles. The second kappa shape index (κ2) is 3.54. The van der Waals surface area contributed by atoms with E-state index in [0.717, 1.165) is 12.8 Å². The van der Waals surface area contributed by atoms with Crippen LogP contribution >= 0.6 is 0 Å². The van der Waals surface area contributed by atoms with Crippen molar-refractivity contribution in [3.63, 3.8) is 0 Å². The van der Waals surface area contributed by atoms with E-state index < -0.39 is 6.10 Å². The first-order valence-corrected chi connectivity index (χ1v) is 5.60. The lowest BCUT2D eigenvalue weighted by Crippen LogP contribution is -2.48. The molecule has 14 heavy (non-hydrogen) atoms. The van der Waals surface area contributed by atoms with Gasteiger partial charge in [0.1, 0.15) is 0 Å². The standard InChI is InChI=1S/C11H19NO2/c1-11(5-3-2-4-6-11)12-8-9(13)7-10(12)14/h9,13H,2-8H2,1H3. The van der Waals surface area contributed by atoms with Crippen LogP contribution in [0.25, 0.3) is 0 Å². The van der Waals surface area contributed by atoms with Crippen LogP contribution in [0.1, 0.15) is 45.4 Å². The lowest BCUT2D eigenvalue weighted by atomic mass is 9.82. The summed E-state index contributed by atoms with van der Waals surface area (Å²) in [6.07, 6.45) is 5.83. The molecule has 0 bridgehead atoms. The number of aliphatic hydroxyl groups excluding tert-OH is 1. The Bertz CT molecular complexity index is 233. The fraction of sp³-hybridized carbons (Fsp3) is 0.909. The van der Waals surface area contributed by atoms with Crippen molar-refractivity contribution >= 4 is 5.91 Å². The van der Waals surface area contributed by atoms with Crippen LogP contribution in [0.15, 0.2) is 0 Å². The van der Waals surface area contributed by atoms with Crippen molar-refractivity contribution in [1.82, 2.24) is 4.90 Å². The third-order valence-electron chi connectivity index (χ3n) is 3.69. The molecule has 3 nitrogen and oxygen atoms in total. The molecule has 1 amide bonds. The first-order valence-electron chi connectivity index (χ1n) is 5.60. The minimum absolute atomic E-state index is 0.0345. The molecule has 0 aromatic heterocycles. The number of amides is 1. The molecule has 1 aliphatic carbocycles. The molecule has 1 atom stereocenters. The van der Waals surface area contributed by atoms with Gasteiger partial charge in [-0.15, -0.1) is 0 Å². The van der Waals surface area contributed by atoms with E-state index in [1.807, 2.05) is 4.90 Å². The smallest absolute Gasteiger partial charge is 0.225 e. The van der Waals surface area contributed by atoms with Gasteiger partial charge in [-0.2, -0.15) is 0 Å². The number of β-amino-alcohol motifs (C(OH)–C–C–N with tert-alkyl or cyclic N) is 1. The van der Waals surface area contributed by atoms with Gasteiger partial charge in [0.2, 0.25) is 5.91 Å². The SMILES string of the molecule is CC1(N2CC(O)CC2=O)CCCCC1. The number of carbonyl (C=O) groups excluding carboxylic acids is 1. The summed E-state index contributed by atoms with van der Waals surface area (Å²) < 4.78 is 0. The zero-order valence-corrected chi connectivity index (χ0v) is 8.83. The van der Waals surface area contributed by atoms with Gasteiger partial charge in [0, 0.05) is 12.1 Å². The van der Waals surface area contributed by atoms with E-state index in [4.69, 9.17) is 0 Å². The summed E-state index contributed by atoms with van der Waals surface area (Å²) in [4.78, 5) is 13.6. The molecule has 80 valence electrons. The molecule has 2 aliphatic rings. The van der Waals surface area contributed by atoms with Crippen molar-refractivity contribution in [3.05, 3.63) is 0 Å². The fourth-order valence-electron chi connectivity index (χ4n) is 2.79. The van der Waals surface area contributed by atoms with Crippen molar-refractivity contribution in [3.8, 4) is 0 Å². The fourth-order valence-corrected chi connectivity index (χ4v) is 2.79. The Hall–Kier alpha value is -0.570.